The van der Waals surface area contributed by atoms with E-state index in [9.17, 15) is 13.2 Å². The van der Waals surface area contributed by atoms with E-state index in [4.69, 9.17) is 9.88 Å². The maximum Gasteiger partial charge on any atom is 0.382 e. The van der Waals surface area contributed by atoms with Gasteiger partial charge in [0.2, 0.25) is 0 Å². The van der Waals surface area contributed by atoms with Gasteiger partial charge in [0.25, 0.3) is 0 Å². The van der Waals surface area contributed by atoms with Gasteiger partial charge >= 0.3 is 16.3 Å². The van der Waals surface area contributed by atoms with Crippen LogP contribution < -0.4 is 9.88 Å². The second kappa shape index (κ2) is 7.70. The molecule has 6 nitrogen and oxygen atoms in total. The molecule has 0 heterocycles. The maximum absolute atomic E-state index is 12.9. The second-order valence-corrected chi connectivity index (χ2v) is 8.01. The van der Waals surface area contributed by atoms with Gasteiger partial charge in [-0.3, -0.25) is 0 Å². The molecule has 0 aromatic heterocycles. The summed E-state index contributed by atoms with van der Waals surface area (Å²) in [5.74, 6) is 0.0810. The van der Waals surface area contributed by atoms with Crippen LogP contribution in [0.25, 0.3) is 0 Å². The molecule has 2 aromatic rings. The van der Waals surface area contributed by atoms with Crippen molar-refractivity contribution in [3.63, 3.8) is 0 Å². The fraction of sp³-hybridized carbons (Fsp3) is 0.350. The van der Waals surface area contributed by atoms with E-state index in [1.807, 2.05) is 18.2 Å². The molecule has 0 atom stereocenters. The van der Waals surface area contributed by atoms with Crippen LogP contribution in [0.4, 0.5) is 0 Å². The van der Waals surface area contributed by atoms with Gasteiger partial charge in [0.05, 0.1) is 12.5 Å². The zero-order valence-electron chi connectivity index (χ0n) is 15.1. The number of ether oxygens (including phenoxy) is 1. The van der Waals surface area contributed by atoms with Gasteiger partial charge in [-0.1, -0.05) is 42.5 Å². The van der Waals surface area contributed by atoms with Crippen LogP contribution in [0.3, 0.4) is 0 Å². The summed E-state index contributed by atoms with van der Waals surface area (Å²) < 4.78 is 32.6. The lowest BCUT2D eigenvalue weighted by Crippen LogP contribution is -2.42. The van der Waals surface area contributed by atoms with Crippen molar-refractivity contribution in [3.05, 3.63) is 65.7 Å². The first-order chi connectivity index (χ1) is 12.8. The van der Waals surface area contributed by atoms with Gasteiger partial charge in [-0.2, -0.15) is 13.6 Å². The lowest BCUT2D eigenvalue weighted by atomic mass is 9.65. The Labute approximate surface area is 159 Å². The fourth-order valence-corrected chi connectivity index (χ4v) is 4.26. The third kappa shape index (κ3) is 4.31. The number of carbonyl (C=O) groups excluding carboxylic acids is 1. The maximum atomic E-state index is 12.9. The van der Waals surface area contributed by atoms with Crippen LogP contribution in [0.2, 0.25) is 0 Å². The van der Waals surface area contributed by atoms with Crippen LogP contribution in [0, 0.1) is 0 Å². The molecule has 1 fully saturated rings. The van der Waals surface area contributed by atoms with Crippen LogP contribution >= 0.6 is 0 Å². The molecule has 2 N–H and O–H groups in total. The van der Waals surface area contributed by atoms with Gasteiger partial charge in [-0.05, 0) is 54.9 Å². The van der Waals surface area contributed by atoms with Gasteiger partial charge in [-0.15, -0.1) is 0 Å². The number of hydrogen-bond acceptors (Lipinski definition) is 5. The minimum absolute atomic E-state index is 0.312. The highest BCUT2D eigenvalue weighted by Gasteiger charge is 2.46. The summed E-state index contributed by atoms with van der Waals surface area (Å²) in [6.45, 7) is 0. The summed E-state index contributed by atoms with van der Waals surface area (Å²) in [6.07, 6.45) is 2.41. The Balaban J connectivity index is 1.93. The molecule has 1 aliphatic carbocycles. The number of benzene rings is 2. The molecule has 1 aliphatic rings. The molecule has 27 heavy (non-hydrogen) atoms. The molecule has 0 radical (unpaired) electrons. The monoisotopic (exact) mass is 389 g/mol. The highest BCUT2D eigenvalue weighted by Crippen LogP contribution is 2.46. The lowest BCUT2D eigenvalue weighted by molar-refractivity contribution is -0.142. The summed E-state index contributed by atoms with van der Waals surface area (Å²) in [7, 11) is -2.84. The number of methoxy groups -OCH3 is 1. The fourth-order valence-electron chi connectivity index (χ4n) is 3.89. The summed E-state index contributed by atoms with van der Waals surface area (Å²) >= 11 is 0. The first-order valence-corrected chi connectivity index (χ1v) is 10.3. The molecular formula is C20H23NO5S. The molecule has 0 aliphatic heterocycles. The Bertz CT molecular complexity index is 903. The smallest absolute Gasteiger partial charge is 0.382 e. The quantitative estimate of drug-likeness (QED) is 0.848. The minimum Gasteiger partial charge on any atom is -0.497 e. The van der Waals surface area contributed by atoms with E-state index in [1.54, 1.807) is 31.4 Å². The normalized spacial score (nSPS) is 22.8. The zero-order chi connectivity index (χ0) is 19.5. The van der Waals surface area contributed by atoms with Crippen LogP contribution in [0.1, 0.15) is 42.7 Å². The zero-order valence-corrected chi connectivity index (χ0v) is 15.9. The number of hydrogen-bond donors (Lipinski definition) is 1. The lowest BCUT2D eigenvalue weighted by Gasteiger charge is -2.38. The van der Waals surface area contributed by atoms with Crippen molar-refractivity contribution in [2.24, 2.45) is 5.14 Å². The Kier molecular flexibility index (Phi) is 5.53. The minimum atomic E-state index is -4.38. The van der Waals surface area contributed by atoms with Crippen LogP contribution in [0.5, 0.6) is 5.75 Å². The van der Waals surface area contributed by atoms with E-state index in [0.29, 0.717) is 30.1 Å². The van der Waals surface area contributed by atoms with Crippen molar-refractivity contribution in [3.8, 4) is 5.75 Å². The summed E-state index contributed by atoms with van der Waals surface area (Å²) in [5, 5.41) is 4.96. The van der Waals surface area contributed by atoms with Crippen molar-refractivity contribution in [1.29, 1.82) is 0 Å². The van der Waals surface area contributed by atoms with E-state index >= 15 is 0 Å². The van der Waals surface area contributed by atoms with Crippen LogP contribution in [-0.2, 0) is 24.7 Å². The van der Waals surface area contributed by atoms with Crippen molar-refractivity contribution in [2.75, 3.05) is 7.11 Å². The summed E-state index contributed by atoms with van der Waals surface area (Å²) in [6, 6.07) is 17.2. The van der Waals surface area contributed by atoms with E-state index in [0.717, 1.165) is 12.8 Å². The number of rotatable bonds is 5. The average Bonchev–Trinajstić information content (AvgIpc) is 2.67. The predicted octanol–water partition coefficient (Wildman–Crippen LogP) is 3.04. The van der Waals surface area contributed by atoms with Gasteiger partial charge in [0.1, 0.15) is 5.75 Å². The highest BCUT2D eigenvalue weighted by atomic mass is 32.2. The standard InChI is InChI=1S/C20H23NO5S/c1-25-18-9-5-8-17(14-18)20(19(22)26-27(21,23)24)12-10-16(11-13-20)15-6-3-2-4-7-15/h2-9,14,16H,10-13H2,1H3,(H2,21,23,24). The van der Waals surface area contributed by atoms with E-state index < -0.39 is 21.7 Å². The first kappa shape index (κ1) is 19.4. The van der Waals surface area contributed by atoms with Crippen molar-refractivity contribution in [1.82, 2.24) is 0 Å². The Morgan fingerprint density at radius 3 is 2.33 bits per heavy atom. The van der Waals surface area contributed by atoms with Crippen molar-refractivity contribution < 1.29 is 22.1 Å². The Morgan fingerprint density at radius 1 is 1.07 bits per heavy atom. The van der Waals surface area contributed by atoms with Gasteiger partial charge in [-0.25, -0.2) is 4.79 Å². The SMILES string of the molecule is COc1cccc(C2(C(=O)OS(N)(=O)=O)CCC(c3ccccc3)CC2)c1. The molecule has 0 unspecified atom stereocenters. The van der Waals surface area contributed by atoms with Crippen molar-refractivity contribution >= 4 is 16.3 Å². The second-order valence-electron chi connectivity index (χ2n) is 6.86. The molecule has 1 saturated carbocycles. The third-order valence-corrected chi connectivity index (χ3v) is 5.70. The third-order valence-electron chi connectivity index (χ3n) is 5.32. The van der Waals surface area contributed by atoms with E-state index in [2.05, 4.69) is 16.3 Å². The molecule has 7 heteroatoms. The summed E-state index contributed by atoms with van der Waals surface area (Å²) in [4.78, 5) is 12.9. The van der Waals surface area contributed by atoms with Gasteiger partial charge in [0.15, 0.2) is 0 Å². The molecule has 0 bridgehead atoms. The molecule has 3 rings (SSSR count). The van der Waals surface area contributed by atoms with E-state index in [-0.39, 0.29) is 0 Å². The topological polar surface area (TPSA) is 95.7 Å². The molecule has 2 aromatic carbocycles. The van der Waals surface area contributed by atoms with Gasteiger partial charge in [0, 0.05) is 0 Å². The highest BCUT2D eigenvalue weighted by molar-refractivity contribution is 7.84. The van der Waals surface area contributed by atoms with Crippen LogP contribution in [-0.4, -0.2) is 21.5 Å². The van der Waals surface area contributed by atoms with Gasteiger partial charge < -0.3 is 8.92 Å². The Morgan fingerprint density at radius 2 is 1.74 bits per heavy atom. The van der Waals surface area contributed by atoms with E-state index in [1.165, 1.54) is 5.56 Å². The molecule has 0 amide bonds. The number of carbonyl (C=O) groups is 1. The molecule has 0 spiro atoms. The molecular weight excluding hydrogens is 366 g/mol. The predicted molar refractivity (Wildman–Crippen MR) is 102 cm³/mol. The number of nitrogens with two attached hydrogens (primary N) is 1. The average molecular weight is 389 g/mol. The first-order valence-electron chi connectivity index (χ1n) is 8.80. The van der Waals surface area contributed by atoms with Crippen LogP contribution in [0.15, 0.2) is 54.6 Å². The largest absolute Gasteiger partial charge is 0.497 e. The molecule has 0 saturated heterocycles. The summed E-state index contributed by atoms with van der Waals surface area (Å²) in [5.41, 5.74) is 0.838. The van der Waals surface area contributed by atoms with Crippen molar-refractivity contribution in [2.45, 2.75) is 37.0 Å². The molecule has 144 valence electrons. The Hall–Kier alpha value is -2.38.